The SMILES string of the molecule is CCOC(=O)C1=C(c2cccc(F)c2)CCC(=O)N1Cc1ccc(OC)cc1. The number of amides is 1. The van der Waals surface area contributed by atoms with Crippen molar-refractivity contribution in [1.29, 1.82) is 0 Å². The lowest BCUT2D eigenvalue weighted by Crippen LogP contribution is -2.37. The lowest BCUT2D eigenvalue weighted by atomic mass is 9.94. The van der Waals surface area contributed by atoms with Crippen LogP contribution in [0.3, 0.4) is 0 Å². The fraction of sp³-hybridized carbons (Fsp3) is 0.273. The van der Waals surface area contributed by atoms with Gasteiger partial charge in [0.15, 0.2) is 0 Å². The summed E-state index contributed by atoms with van der Waals surface area (Å²) in [6.45, 7) is 2.11. The van der Waals surface area contributed by atoms with Gasteiger partial charge in [-0.15, -0.1) is 0 Å². The molecule has 2 aromatic rings. The van der Waals surface area contributed by atoms with Crippen LogP contribution in [0.15, 0.2) is 54.2 Å². The van der Waals surface area contributed by atoms with Gasteiger partial charge in [-0.1, -0.05) is 24.3 Å². The Morgan fingerprint density at radius 3 is 2.54 bits per heavy atom. The van der Waals surface area contributed by atoms with E-state index in [2.05, 4.69) is 0 Å². The third kappa shape index (κ3) is 4.22. The Bertz CT molecular complexity index is 905. The van der Waals surface area contributed by atoms with E-state index in [1.54, 1.807) is 38.3 Å². The van der Waals surface area contributed by atoms with Gasteiger partial charge in [0.2, 0.25) is 5.91 Å². The smallest absolute Gasteiger partial charge is 0.355 e. The summed E-state index contributed by atoms with van der Waals surface area (Å²) in [7, 11) is 1.58. The first-order valence-corrected chi connectivity index (χ1v) is 9.13. The lowest BCUT2D eigenvalue weighted by Gasteiger charge is -2.31. The molecule has 28 heavy (non-hydrogen) atoms. The molecule has 146 valence electrons. The molecule has 1 aliphatic rings. The van der Waals surface area contributed by atoms with E-state index in [1.165, 1.54) is 17.0 Å². The van der Waals surface area contributed by atoms with Crippen LogP contribution in [0, 0.1) is 5.82 Å². The minimum Gasteiger partial charge on any atom is -0.497 e. The molecule has 1 heterocycles. The van der Waals surface area contributed by atoms with Crippen molar-refractivity contribution >= 4 is 17.4 Å². The van der Waals surface area contributed by atoms with Gasteiger partial charge in [-0.2, -0.15) is 0 Å². The Balaban J connectivity index is 2.04. The second-order valence-corrected chi connectivity index (χ2v) is 6.39. The predicted octanol–water partition coefficient (Wildman–Crippen LogP) is 3.93. The van der Waals surface area contributed by atoms with Crippen molar-refractivity contribution in [3.8, 4) is 5.75 Å². The maximum Gasteiger partial charge on any atom is 0.355 e. The summed E-state index contributed by atoms with van der Waals surface area (Å²) < 4.78 is 24.1. The van der Waals surface area contributed by atoms with E-state index in [9.17, 15) is 14.0 Å². The largest absolute Gasteiger partial charge is 0.497 e. The van der Waals surface area contributed by atoms with Crippen LogP contribution < -0.4 is 4.74 Å². The van der Waals surface area contributed by atoms with Gasteiger partial charge < -0.3 is 14.4 Å². The normalized spacial score (nSPS) is 14.2. The number of benzene rings is 2. The van der Waals surface area contributed by atoms with Crippen LogP contribution in [-0.2, 0) is 20.9 Å². The Labute approximate surface area is 163 Å². The highest BCUT2D eigenvalue weighted by Gasteiger charge is 2.33. The van der Waals surface area contributed by atoms with Gasteiger partial charge in [0.1, 0.15) is 17.3 Å². The number of nitrogens with zero attached hydrogens (tertiary/aromatic N) is 1. The minimum atomic E-state index is -0.580. The van der Waals surface area contributed by atoms with Crippen LogP contribution in [0.1, 0.15) is 30.9 Å². The zero-order valence-corrected chi connectivity index (χ0v) is 15.9. The molecule has 6 heteroatoms. The molecule has 3 rings (SSSR count). The zero-order chi connectivity index (χ0) is 20.1. The minimum absolute atomic E-state index is 0.168. The first-order chi connectivity index (χ1) is 13.5. The molecular weight excluding hydrogens is 361 g/mol. The molecule has 0 spiro atoms. The fourth-order valence-corrected chi connectivity index (χ4v) is 3.24. The van der Waals surface area contributed by atoms with Gasteiger partial charge in [-0.05, 0) is 54.3 Å². The van der Waals surface area contributed by atoms with Crippen LogP contribution in [0.25, 0.3) is 5.57 Å². The number of allylic oxidation sites excluding steroid dienone is 1. The average molecular weight is 383 g/mol. The molecule has 0 saturated carbocycles. The van der Waals surface area contributed by atoms with Gasteiger partial charge >= 0.3 is 5.97 Å². The van der Waals surface area contributed by atoms with E-state index >= 15 is 0 Å². The van der Waals surface area contributed by atoms with Crippen molar-refractivity contribution in [2.45, 2.75) is 26.3 Å². The van der Waals surface area contributed by atoms with Crippen molar-refractivity contribution in [3.63, 3.8) is 0 Å². The molecule has 1 amide bonds. The zero-order valence-electron chi connectivity index (χ0n) is 15.9. The number of esters is 1. The molecule has 0 aromatic heterocycles. The lowest BCUT2D eigenvalue weighted by molar-refractivity contribution is -0.144. The van der Waals surface area contributed by atoms with Gasteiger partial charge in [0.05, 0.1) is 20.3 Å². The highest BCUT2D eigenvalue weighted by Crippen LogP contribution is 2.33. The van der Waals surface area contributed by atoms with Gasteiger partial charge in [0, 0.05) is 6.42 Å². The van der Waals surface area contributed by atoms with Crippen molar-refractivity contribution in [2.24, 2.45) is 0 Å². The molecule has 0 aliphatic carbocycles. The van der Waals surface area contributed by atoms with Crippen LogP contribution in [0.4, 0.5) is 4.39 Å². The highest BCUT2D eigenvalue weighted by molar-refractivity contribution is 6.03. The highest BCUT2D eigenvalue weighted by atomic mass is 19.1. The maximum atomic E-state index is 13.8. The van der Waals surface area contributed by atoms with Crippen molar-refractivity contribution in [2.75, 3.05) is 13.7 Å². The van der Waals surface area contributed by atoms with E-state index < -0.39 is 11.8 Å². The van der Waals surface area contributed by atoms with Gasteiger partial charge in [-0.3, -0.25) is 4.79 Å². The van der Waals surface area contributed by atoms with E-state index in [0.717, 1.165) is 5.56 Å². The number of rotatable bonds is 6. The number of ether oxygens (including phenoxy) is 2. The molecule has 2 aromatic carbocycles. The van der Waals surface area contributed by atoms with Gasteiger partial charge in [0.25, 0.3) is 0 Å². The number of carbonyl (C=O) groups excluding carboxylic acids is 2. The average Bonchev–Trinajstić information content (AvgIpc) is 2.70. The molecule has 0 bridgehead atoms. The van der Waals surface area contributed by atoms with Crippen LogP contribution in [-0.4, -0.2) is 30.5 Å². The topological polar surface area (TPSA) is 55.8 Å². The van der Waals surface area contributed by atoms with E-state index in [1.807, 2.05) is 12.1 Å². The maximum absolute atomic E-state index is 13.8. The van der Waals surface area contributed by atoms with Crippen LogP contribution >= 0.6 is 0 Å². The Kier molecular flexibility index (Phi) is 6.09. The molecular formula is C22H22FNO4. The quantitative estimate of drug-likeness (QED) is 0.710. The second kappa shape index (κ2) is 8.69. The predicted molar refractivity (Wildman–Crippen MR) is 103 cm³/mol. The Morgan fingerprint density at radius 2 is 1.89 bits per heavy atom. The molecule has 0 saturated heterocycles. The molecule has 0 fully saturated rings. The number of hydrogen-bond acceptors (Lipinski definition) is 4. The number of methoxy groups -OCH3 is 1. The molecule has 1 aliphatic heterocycles. The summed E-state index contributed by atoms with van der Waals surface area (Å²) in [5, 5.41) is 0. The van der Waals surface area contributed by atoms with E-state index in [-0.39, 0.29) is 31.2 Å². The fourth-order valence-electron chi connectivity index (χ4n) is 3.24. The number of hydrogen-bond donors (Lipinski definition) is 0. The first-order valence-electron chi connectivity index (χ1n) is 9.13. The third-order valence-corrected chi connectivity index (χ3v) is 4.59. The molecule has 0 N–H and O–H groups in total. The summed E-state index contributed by atoms with van der Waals surface area (Å²) in [6.07, 6.45) is 0.598. The van der Waals surface area contributed by atoms with Crippen LogP contribution in [0.2, 0.25) is 0 Å². The molecule has 0 radical (unpaired) electrons. The Hall–Kier alpha value is -3.15. The van der Waals surface area contributed by atoms with Crippen molar-refractivity contribution < 1.29 is 23.5 Å². The molecule has 5 nitrogen and oxygen atoms in total. The van der Waals surface area contributed by atoms with E-state index in [0.29, 0.717) is 23.3 Å². The van der Waals surface area contributed by atoms with E-state index in [4.69, 9.17) is 9.47 Å². The summed E-state index contributed by atoms with van der Waals surface area (Å²) >= 11 is 0. The standard InChI is InChI=1S/C22H22FNO4/c1-3-28-22(26)21-19(16-5-4-6-17(23)13-16)11-12-20(25)24(21)14-15-7-9-18(27-2)10-8-15/h4-10,13H,3,11-12,14H2,1-2H3. The number of halogens is 1. The molecule has 0 atom stereocenters. The summed E-state index contributed by atoms with van der Waals surface area (Å²) in [6, 6.07) is 13.3. The first kappa shape index (κ1) is 19.6. The summed E-state index contributed by atoms with van der Waals surface area (Å²) in [4.78, 5) is 26.8. The van der Waals surface area contributed by atoms with Crippen molar-refractivity contribution in [1.82, 2.24) is 4.90 Å². The monoisotopic (exact) mass is 383 g/mol. The Morgan fingerprint density at radius 1 is 1.14 bits per heavy atom. The summed E-state index contributed by atoms with van der Waals surface area (Å²) in [5.74, 6) is -0.440. The molecule has 0 unspecified atom stereocenters. The third-order valence-electron chi connectivity index (χ3n) is 4.59. The summed E-state index contributed by atoms with van der Waals surface area (Å²) in [5.41, 5.74) is 2.22. The van der Waals surface area contributed by atoms with Gasteiger partial charge in [-0.25, -0.2) is 9.18 Å². The van der Waals surface area contributed by atoms with Crippen LogP contribution in [0.5, 0.6) is 5.75 Å². The van der Waals surface area contributed by atoms with Crippen molar-refractivity contribution in [3.05, 3.63) is 71.2 Å². The second-order valence-electron chi connectivity index (χ2n) is 6.39. The number of carbonyl (C=O) groups is 2.